The van der Waals surface area contributed by atoms with Crippen LogP contribution in [0.25, 0.3) is 0 Å². The van der Waals surface area contributed by atoms with Gasteiger partial charge in [-0.1, -0.05) is 12.1 Å². The Bertz CT molecular complexity index is 347. The Kier molecular flexibility index (Phi) is 1.62. The van der Waals surface area contributed by atoms with Gasteiger partial charge in [-0.3, -0.25) is 0 Å². The molecule has 0 radical (unpaired) electrons. The zero-order chi connectivity index (χ0) is 9.64. The van der Waals surface area contributed by atoms with Gasteiger partial charge in [0.1, 0.15) is 0 Å². The van der Waals surface area contributed by atoms with Crippen molar-refractivity contribution in [3.05, 3.63) is 29.3 Å². The molecule has 0 bridgehead atoms. The standard InChI is InChI=1S/C10H13NO2/c1-6-2-3-7(4-9(6)11)8-5-10(8,12)13/h2-4,8,12-13H,5,11H2,1H3/t8-/m1/s1. The molecule has 0 amide bonds. The van der Waals surface area contributed by atoms with Crippen LogP contribution in [0.5, 0.6) is 0 Å². The Morgan fingerprint density at radius 1 is 1.46 bits per heavy atom. The van der Waals surface area contributed by atoms with Crippen LogP contribution in [0.2, 0.25) is 0 Å². The number of nitrogen functional groups attached to an aromatic ring is 1. The molecule has 3 heteroatoms. The van der Waals surface area contributed by atoms with Crippen LogP contribution in [0.1, 0.15) is 23.5 Å². The minimum Gasteiger partial charge on any atom is -0.399 e. The van der Waals surface area contributed by atoms with E-state index in [4.69, 9.17) is 5.73 Å². The summed E-state index contributed by atoms with van der Waals surface area (Å²) in [5.74, 6) is -1.66. The molecule has 0 saturated heterocycles. The van der Waals surface area contributed by atoms with Crippen LogP contribution in [0.3, 0.4) is 0 Å². The SMILES string of the molecule is Cc1ccc([C@H]2CC2(O)O)cc1N. The minimum absolute atomic E-state index is 0.157. The second-order valence-corrected chi connectivity index (χ2v) is 3.75. The van der Waals surface area contributed by atoms with Gasteiger partial charge in [0.25, 0.3) is 0 Å². The lowest BCUT2D eigenvalue weighted by molar-refractivity contribution is -0.0733. The number of rotatable bonds is 1. The summed E-state index contributed by atoms with van der Waals surface area (Å²) < 4.78 is 0. The van der Waals surface area contributed by atoms with Gasteiger partial charge in [-0.05, 0) is 24.1 Å². The average molecular weight is 179 g/mol. The Morgan fingerprint density at radius 2 is 2.08 bits per heavy atom. The topological polar surface area (TPSA) is 66.5 Å². The molecule has 0 spiro atoms. The zero-order valence-corrected chi connectivity index (χ0v) is 7.49. The first-order valence-electron chi connectivity index (χ1n) is 4.31. The highest BCUT2D eigenvalue weighted by Gasteiger charge is 2.52. The van der Waals surface area contributed by atoms with Gasteiger partial charge >= 0.3 is 0 Å². The van der Waals surface area contributed by atoms with Crippen molar-refractivity contribution >= 4 is 5.69 Å². The van der Waals surface area contributed by atoms with E-state index in [0.29, 0.717) is 12.1 Å². The fourth-order valence-corrected chi connectivity index (χ4v) is 1.50. The van der Waals surface area contributed by atoms with Gasteiger partial charge in [0.15, 0.2) is 5.79 Å². The summed E-state index contributed by atoms with van der Waals surface area (Å²) in [5, 5.41) is 18.4. The summed E-state index contributed by atoms with van der Waals surface area (Å²) in [5.41, 5.74) is 8.35. The molecule has 1 fully saturated rings. The maximum Gasteiger partial charge on any atom is 0.170 e. The molecule has 0 unspecified atom stereocenters. The number of hydrogen-bond acceptors (Lipinski definition) is 3. The summed E-state index contributed by atoms with van der Waals surface area (Å²) in [6, 6.07) is 5.61. The normalized spacial score (nSPS) is 24.4. The molecule has 0 heterocycles. The second-order valence-electron chi connectivity index (χ2n) is 3.75. The van der Waals surface area contributed by atoms with E-state index in [-0.39, 0.29) is 5.92 Å². The molecule has 3 nitrogen and oxygen atoms in total. The van der Waals surface area contributed by atoms with Gasteiger partial charge in [0.05, 0.1) is 0 Å². The average Bonchev–Trinajstić information content (AvgIpc) is 2.66. The third-order valence-electron chi connectivity index (χ3n) is 2.61. The van der Waals surface area contributed by atoms with E-state index in [0.717, 1.165) is 11.1 Å². The molecule has 1 aliphatic rings. The summed E-state index contributed by atoms with van der Waals surface area (Å²) >= 11 is 0. The molecule has 0 aliphatic heterocycles. The number of anilines is 1. The number of hydrogen-bond donors (Lipinski definition) is 3. The Morgan fingerprint density at radius 3 is 2.54 bits per heavy atom. The monoisotopic (exact) mass is 179 g/mol. The molecule has 1 atom stereocenters. The Hall–Kier alpha value is -1.06. The number of aliphatic hydroxyl groups is 2. The van der Waals surface area contributed by atoms with Gasteiger partial charge in [-0.2, -0.15) is 0 Å². The third-order valence-corrected chi connectivity index (χ3v) is 2.61. The van der Waals surface area contributed by atoms with Crippen molar-refractivity contribution in [2.24, 2.45) is 0 Å². The maximum atomic E-state index is 9.22. The van der Waals surface area contributed by atoms with Gasteiger partial charge < -0.3 is 15.9 Å². The maximum absolute atomic E-state index is 9.22. The van der Waals surface area contributed by atoms with E-state index in [9.17, 15) is 10.2 Å². The van der Waals surface area contributed by atoms with Crippen LogP contribution in [0.15, 0.2) is 18.2 Å². The smallest absolute Gasteiger partial charge is 0.170 e. The minimum atomic E-state index is -1.50. The third kappa shape index (κ3) is 1.41. The largest absolute Gasteiger partial charge is 0.399 e. The second kappa shape index (κ2) is 2.47. The van der Waals surface area contributed by atoms with Crippen molar-refractivity contribution in [1.29, 1.82) is 0 Å². The van der Waals surface area contributed by atoms with Crippen molar-refractivity contribution in [3.8, 4) is 0 Å². The van der Waals surface area contributed by atoms with Crippen molar-refractivity contribution in [2.45, 2.75) is 25.0 Å². The molecule has 0 aromatic heterocycles. The predicted octanol–water partition coefficient (Wildman–Crippen LogP) is 0.745. The highest BCUT2D eigenvalue weighted by Crippen LogP contribution is 2.49. The van der Waals surface area contributed by atoms with E-state index in [2.05, 4.69) is 0 Å². The predicted molar refractivity (Wildman–Crippen MR) is 50.1 cm³/mol. The van der Waals surface area contributed by atoms with Crippen molar-refractivity contribution < 1.29 is 10.2 Å². The first-order chi connectivity index (χ1) is 6.00. The summed E-state index contributed by atoms with van der Waals surface area (Å²) in [6.07, 6.45) is 0.412. The number of aryl methyl sites for hydroxylation is 1. The summed E-state index contributed by atoms with van der Waals surface area (Å²) in [7, 11) is 0. The van der Waals surface area contributed by atoms with E-state index < -0.39 is 5.79 Å². The van der Waals surface area contributed by atoms with Crippen LogP contribution >= 0.6 is 0 Å². The Balaban J connectivity index is 2.29. The fraction of sp³-hybridized carbons (Fsp3) is 0.400. The molecule has 70 valence electrons. The van der Waals surface area contributed by atoms with Crippen LogP contribution in [0, 0.1) is 6.92 Å². The summed E-state index contributed by atoms with van der Waals surface area (Å²) in [4.78, 5) is 0. The first kappa shape index (κ1) is 8.53. The van der Waals surface area contributed by atoms with E-state index in [1.807, 2.05) is 25.1 Å². The van der Waals surface area contributed by atoms with E-state index >= 15 is 0 Å². The van der Waals surface area contributed by atoms with Crippen LogP contribution in [-0.2, 0) is 0 Å². The lowest BCUT2D eigenvalue weighted by Gasteiger charge is -2.05. The fourth-order valence-electron chi connectivity index (χ4n) is 1.50. The lowest BCUT2D eigenvalue weighted by Crippen LogP contribution is -2.07. The van der Waals surface area contributed by atoms with Crippen LogP contribution in [0.4, 0.5) is 5.69 Å². The molecule has 1 saturated carbocycles. The van der Waals surface area contributed by atoms with Gasteiger partial charge in [0, 0.05) is 18.0 Å². The highest BCUT2D eigenvalue weighted by atomic mass is 16.5. The van der Waals surface area contributed by atoms with Gasteiger partial charge in [-0.15, -0.1) is 0 Å². The molecule has 13 heavy (non-hydrogen) atoms. The zero-order valence-electron chi connectivity index (χ0n) is 7.49. The van der Waals surface area contributed by atoms with Crippen molar-refractivity contribution in [3.63, 3.8) is 0 Å². The molecule has 1 aliphatic carbocycles. The summed E-state index contributed by atoms with van der Waals surface area (Å²) in [6.45, 7) is 1.93. The molecule has 1 aromatic rings. The van der Waals surface area contributed by atoms with Crippen LogP contribution < -0.4 is 5.73 Å². The van der Waals surface area contributed by atoms with Crippen molar-refractivity contribution in [1.82, 2.24) is 0 Å². The molecular formula is C10H13NO2. The van der Waals surface area contributed by atoms with E-state index in [1.54, 1.807) is 0 Å². The van der Waals surface area contributed by atoms with E-state index in [1.165, 1.54) is 0 Å². The number of benzene rings is 1. The Labute approximate surface area is 76.8 Å². The van der Waals surface area contributed by atoms with Crippen molar-refractivity contribution in [2.75, 3.05) is 5.73 Å². The molecule has 4 N–H and O–H groups in total. The van der Waals surface area contributed by atoms with Crippen LogP contribution in [-0.4, -0.2) is 16.0 Å². The first-order valence-corrected chi connectivity index (χ1v) is 4.31. The molecule has 1 aromatic carbocycles. The van der Waals surface area contributed by atoms with Gasteiger partial charge in [0.2, 0.25) is 0 Å². The molecule has 2 rings (SSSR count). The highest BCUT2D eigenvalue weighted by molar-refractivity contribution is 5.50. The quantitative estimate of drug-likeness (QED) is 0.440. The number of nitrogens with two attached hydrogens (primary N) is 1. The molecular weight excluding hydrogens is 166 g/mol. The van der Waals surface area contributed by atoms with Gasteiger partial charge in [-0.25, -0.2) is 0 Å². The lowest BCUT2D eigenvalue weighted by atomic mass is 10.1.